The molecule has 4 N–H and O–H groups in total. The van der Waals surface area contributed by atoms with E-state index >= 15 is 0 Å². The smallest absolute Gasteiger partial charge is 0.407 e. The third kappa shape index (κ3) is 8.69. The number of aromatic nitrogens is 6. The molecule has 4 atom stereocenters. The van der Waals surface area contributed by atoms with Crippen LogP contribution in [0, 0.1) is 5.92 Å². The van der Waals surface area contributed by atoms with Crippen molar-refractivity contribution in [2.24, 2.45) is 5.92 Å². The van der Waals surface area contributed by atoms with E-state index in [0.29, 0.717) is 37.8 Å². The minimum atomic E-state index is -0.770. The van der Waals surface area contributed by atoms with Crippen molar-refractivity contribution in [2.75, 3.05) is 40.5 Å². The minimum Gasteiger partial charge on any atom is -0.453 e. The van der Waals surface area contributed by atoms with Gasteiger partial charge in [0.05, 0.1) is 73.5 Å². The average Bonchev–Trinajstić information content (AvgIpc) is 4.13. The van der Waals surface area contributed by atoms with Gasteiger partial charge in [0, 0.05) is 43.8 Å². The Labute approximate surface area is 353 Å². The summed E-state index contributed by atoms with van der Waals surface area (Å²) in [6, 6.07) is 11.1. The number of H-pyrrole nitrogens is 2. The number of alkyl carbamates (subject to hydrolysis) is 2. The summed E-state index contributed by atoms with van der Waals surface area (Å²) in [6.45, 7) is 6.07. The highest BCUT2D eigenvalue weighted by atomic mass is 16.5. The third-order valence-electron chi connectivity index (χ3n) is 12.1. The van der Waals surface area contributed by atoms with Crippen molar-refractivity contribution in [1.29, 1.82) is 0 Å². The largest absolute Gasteiger partial charge is 0.453 e. The molecule has 0 unspecified atom stereocenters. The number of hydrogen-bond donors (Lipinski definition) is 4. The number of carbonyl (C=O) groups is 4. The summed E-state index contributed by atoms with van der Waals surface area (Å²) in [5.41, 5.74) is 7.45. The van der Waals surface area contributed by atoms with Crippen molar-refractivity contribution in [3.05, 3.63) is 66.8 Å². The number of nitrogens with one attached hydrogen (secondary N) is 4. The Hall–Kier alpha value is -6.23. The molecule has 17 nitrogen and oxygen atoms in total. The molecule has 322 valence electrons. The number of aryl methyl sites for hydroxylation is 1. The second kappa shape index (κ2) is 18.2. The van der Waals surface area contributed by atoms with Gasteiger partial charge in [-0.2, -0.15) is 0 Å². The lowest BCUT2D eigenvalue weighted by molar-refractivity contribution is -0.136. The van der Waals surface area contributed by atoms with Gasteiger partial charge < -0.3 is 49.2 Å². The van der Waals surface area contributed by atoms with E-state index in [1.807, 2.05) is 26.4 Å². The number of carbonyl (C=O) groups excluding carboxylic acids is 4. The first-order valence-corrected chi connectivity index (χ1v) is 21.2. The van der Waals surface area contributed by atoms with Crippen molar-refractivity contribution in [1.82, 2.24) is 49.9 Å². The van der Waals surface area contributed by atoms with Crippen LogP contribution in [0.5, 0.6) is 0 Å². The van der Waals surface area contributed by atoms with Crippen LogP contribution in [0.15, 0.2) is 55.1 Å². The lowest BCUT2D eigenvalue weighted by atomic mass is 9.98. The number of methoxy groups -OCH3 is 2. The Morgan fingerprint density at radius 1 is 0.803 bits per heavy atom. The SMILES string of the molecule is COC(=O)NCC(=O)N1CCC[C@H]1c1ncc(-c2ccc(-c3ccc4c5c3ncn5CCCCCCO[C@H]3C[C@@H](c5ncc-4[nH]5)N(C(=O)[C@@H](NC(=O)OC)C(C)C)C3)cc2)[nH]1. The van der Waals surface area contributed by atoms with Gasteiger partial charge in [-0.25, -0.2) is 24.5 Å². The Balaban J connectivity index is 1.07. The van der Waals surface area contributed by atoms with Crippen LogP contribution in [0.4, 0.5) is 9.59 Å². The molecule has 5 aromatic rings. The maximum Gasteiger partial charge on any atom is 0.407 e. The quantitative estimate of drug-likeness (QED) is 0.141. The lowest BCUT2D eigenvalue weighted by Gasteiger charge is -2.29. The molecule has 3 aliphatic heterocycles. The van der Waals surface area contributed by atoms with Crippen molar-refractivity contribution < 1.29 is 33.4 Å². The van der Waals surface area contributed by atoms with Gasteiger partial charge in [-0.3, -0.25) is 9.59 Å². The molecule has 2 fully saturated rings. The highest BCUT2D eigenvalue weighted by Gasteiger charge is 2.42. The fourth-order valence-electron chi connectivity index (χ4n) is 8.89. The van der Waals surface area contributed by atoms with Crippen LogP contribution in [0.1, 0.15) is 82.5 Å². The molecule has 3 aromatic heterocycles. The maximum atomic E-state index is 14.1. The van der Waals surface area contributed by atoms with Crippen molar-refractivity contribution in [2.45, 2.75) is 89.6 Å². The molecule has 0 spiro atoms. The maximum absolute atomic E-state index is 14.1. The van der Waals surface area contributed by atoms with Gasteiger partial charge in [-0.05, 0) is 48.8 Å². The van der Waals surface area contributed by atoms with Gasteiger partial charge in [0.1, 0.15) is 24.2 Å². The number of aromatic amines is 2. The molecule has 0 aliphatic carbocycles. The topological polar surface area (TPSA) is 202 Å². The fraction of sp³-hybridized carbons (Fsp3) is 0.477. The first-order chi connectivity index (χ1) is 29.6. The average molecular weight is 835 g/mol. The number of fused-ring (bicyclic) bond motifs is 6. The number of hydrogen-bond acceptors (Lipinski definition) is 10. The summed E-state index contributed by atoms with van der Waals surface area (Å²) < 4.78 is 18.0. The fourth-order valence-corrected chi connectivity index (χ4v) is 8.89. The molecule has 2 saturated heterocycles. The number of benzene rings is 2. The number of amides is 4. The van der Waals surface area contributed by atoms with E-state index in [4.69, 9.17) is 19.4 Å². The Morgan fingerprint density at radius 3 is 2.28 bits per heavy atom. The van der Waals surface area contributed by atoms with E-state index in [2.05, 4.69) is 71.3 Å². The van der Waals surface area contributed by atoms with Gasteiger partial charge in [0.25, 0.3) is 0 Å². The zero-order valence-corrected chi connectivity index (χ0v) is 35.1. The van der Waals surface area contributed by atoms with Gasteiger partial charge in [0.2, 0.25) is 11.8 Å². The number of nitrogens with zero attached hydrogens (tertiary/aromatic N) is 6. The van der Waals surface area contributed by atoms with Crippen LogP contribution in [0.25, 0.3) is 44.7 Å². The second-order valence-electron chi connectivity index (χ2n) is 16.3. The van der Waals surface area contributed by atoms with Crippen LogP contribution in [0.2, 0.25) is 0 Å². The highest BCUT2D eigenvalue weighted by Crippen LogP contribution is 2.39. The summed E-state index contributed by atoms with van der Waals surface area (Å²) in [7, 11) is 2.56. The van der Waals surface area contributed by atoms with E-state index in [1.165, 1.54) is 14.2 Å². The van der Waals surface area contributed by atoms with Crippen molar-refractivity contribution in [3.8, 4) is 33.6 Å². The predicted molar refractivity (Wildman–Crippen MR) is 226 cm³/mol. The molecule has 3 aliphatic rings. The minimum absolute atomic E-state index is 0.136. The molecule has 17 heteroatoms. The second-order valence-corrected chi connectivity index (χ2v) is 16.3. The zero-order chi connectivity index (χ0) is 42.6. The van der Waals surface area contributed by atoms with E-state index in [-0.39, 0.29) is 42.5 Å². The highest BCUT2D eigenvalue weighted by molar-refractivity contribution is 6.00. The monoisotopic (exact) mass is 834 g/mol. The first-order valence-electron chi connectivity index (χ1n) is 21.2. The van der Waals surface area contributed by atoms with E-state index < -0.39 is 18.2 Å². The third-order valence-corrected chi connectivity index (χ3v) is 12.1. The normalized spacial score (nSPS) is 19.9. The Kier molecular flexibility index (Phi) is 12.4. The number of rotatable bonds is 8. The van der Waals surface area contributed by atoms with Gasteiger partial charge >= 0.3 is 12.2 Å². The van der Waals surface area contributed by atoms with Gasteiger partial charge in [-0.1, -0.05) is 57.0 Å². The predicted octanol–water partition coefficient (Wildman–Crippen LogP) is 6.12. The number of ether oxygens (including phenoxy) is 3. The molecule has 4 bridgehead atoms. The Morgan fingerprint density at radius 2 is 1.51 bits per heavy atom. The first kappa shape index (κ1) is 41.5. The van der Waals surface area contributed by atoms with Crippen molar-refractivity contribution in [3.63, 3.8) is 0 Å². The Bertz CT molecular complexity index is 2370. The molecular formula is C44H54N10O7. The van der Waals surface area contributed by atoms with Crippen LogP contribution in [0.3, 0.4) is 0 Å². The van der Waals surface area contributed by atoms with Crippen LogP contribution < -0.4 is 10.6 Å². The summed E-state index contributed by atoms with van der Waals surface area (Å²) in [5, 5.41) is 5.22. The van der Waals surface area contributed by atoms with Crippen molar-refractivity contribution >= 4 is 35.0 Å². The number of likely N-dealkylation sites (tertiary alicyclic amines) is 2. The van der Waals surface area contributed by atoms with Crippen LogP contribution in [-0.4, -0.2) is 116 Å². The number of imidazole rings is 3. The van der Waals surface area contributed by atoms with E-state index in [0.717, 1.165) is 89.7 Å². The zero-order valence-electron chi connectivity index (χ0n) is 35.1. The summed E-state index contributed by atoms with van der Waals surface area (Å²) in [5.74, 6) is 0.815. The van der Waals surface area contributed by atoms with Crippen LogP contribution >= 0.6 is 0 Å². The standard InChI is InChI=1S/C44H54N10O7/c1-26(2)37(51-44(58)60-4)42(56)54-24-29-20-35(54)41-46-22-33(50-41)31-16-15-30(38-39(31)52(25-48-38)17-7-5-6-8-19-61-29)27-11-13-28(14-12-27)32-21-45-40(49-32)34-10-9-18-53(34)36(55)23-47-43(57)59-3/h11-16,21-22,25-26,29,34-35,37H,5-10,17-20,23-24H2,1-4H3,(H,45,49)(H,46,50)(H,47,57)(H,51,58)/t29-,34-,35-,37-/m0/s1. The molecule has 6 heterocycles. The molecule has 0 radical (unpaired) electrons. The van der Waals surface area contributed by atoms with Crippen LogP contribution in [-0.2, 0) is 30.3 Å². The van der Waals surface area contributed by atoms with E-state index in [9.17, 15) is 19.2 Å². The van der Waals surface area contributed by atoms with Gasteiger partial charge in [0.15, 0.2) is 0 Å². The van der Waals surface area contributed by atoms with Gasteiger partial charge in [-0.15, -0.1) is 0 Å². The molecule has 2 aromatic carbocycles. The molecule has 4 amide bonds. The molecule has 61 heavy (non-hydrogen) atoms. The molecule has 0 saturated carbocycles. The molecular weight excluding hydrogens is 781 g/mol. The van der Waals surface area contributed by atoms with E-state index in [1.54, 1.807) is 16.0 Å². The summed E-state index contributed by atoms with van der Waals surface area (Å²) >= 11 is 0. The molecule has 8 rings (SSSR count). The lowest BCUT2D eigenvalue weighted by Crippen LogP contribution is -2.51. The summed E-state index contributed by atoms with van der Waals surface area (Å²) in [4.78, 5) is 75.9. The summed E-state index contributed by atoms with van der Waals surface area (Å²) in [6.07, 6.45) is 10.3.